The van der Waals surface area contributed by atoms with Gasteiger partial charge < -0.3 is 9.42 Å². The molecule has 0 unspecified atom stereocenters. The van der Waals surface area contributed by atoms with Gasteiger partial charge in [0.25, 0.3) is 0 Å². The van der Waals surface area contributed by atoms with Gasteiger partial charge in [-0.1, -0.05) is 35.5 Å². The van der Waals surface area contributed by atoms with E-state index in [-0.39, 0.29) is 11.9 Å². The Hall–Kier alpha value is -3.02. The average Bonchev–Trinajstić information content (AvgIpc) is 3.22. The smallest absolute Gasteiger partial charge is 0.227 e. The molecule has 0 bridgehead atoms. The SMILES string of the molecule is Cc1ccccc1-c1noc(CCC(=O)N2CCCC[C@H]2c2ccccn2)n1. The molecule has 6 heteroatoms. The molecule has 0 saturated carbocycles. The third-order valence-corrected chi connectivity index (χ3v) is 5.26. The van der Waals surface area contributed by atoms with Crippen LogP contribution in [0.5, 0.6) is 0 Å². The van der Waals surface area contributed by atoms with Crippen LogP contribution in [0.4, 0.5) is 0 Å². The summed E-state index contributed by atoms with van der Waals surface area (Å²) in [5.74, 6) is 1.19. The highest BCUT2D eigenvalue weighted by Gasteiger charge is 2.28. The predicted molar refractivity (Wildman–Crippen MR) is 105 cm³/mol. The van der Waals surface area contributed by atoms with Gasteiger partial charge in [-0.25, -0.2) is 0 Å². The Morgan fingerprint density at radius 2 is 2.04 bits per heavy atom. The molecule has 1 aliphatic heterocycles. The second kappa shape index (κ2) is 8.33. The molecular formula is C22H24N4O2. The van der Waals surface area contributed by atoms with Crippen molar-refractivity contribution in [2.45, 2.75) is 45.1 Å². The minimum atomic E-state index is 0.0627. The summed E-state index contributed by atoms with van der Waals surface area (Å²) in [6.45, 7) is 2.79. The summed E-state index contributed by atoms with van der Waals surface area (Å²) in [6, 6.07) is 13.9. The van der Waals surface area contributed by atoms with Gasteiger partial charge in [0.15, 0.2) is 0 Å². The van der Waals surface area contributed by atoms with E-state index in [1.165, 1.54) is 0 Å². The van der Waals surface area contributed by atoms with Crippen molar-refractivity contribution in [1.29, 1.82) is 0 Å². The first-order valence-electron chi connectivity index (χ1n) is 9.81. The molecule has 1 aliphatic rings. The van der Waals surface area contributed by atoms with E-state index < -0.39 is 0 Å². The Morgan fingerprint density at radius 1 is 1.18 bits per heavy atom. The summed E-state index contributed by atoms with van der Waals surface area (Å²) >= 11 is 0. The van der Waals surface area contributed by atoms with Crippen LogP contribution in [0.15, 0.2) is 53.2 Å². The van der Waals surface area contributed by atoms with Crippen molar-refractivity contribution in [3.05, 3.63) is 65.8 Å². The maximum Gasteiger partial charge on any atom is 0.227 e. The van der Waals surface area contributed by atoms with Gasteiger partial charge in [-0.15, -0.1) is 0 Å². The van der Waals surface area contributed by atoms with E-state index in [9.17, 15) is 4.79 Å². The Labute approximate surface area is 164 Å². The molecule has 2 aromatic heterocycles. The first kappa shape index (κ1) is 18.3. The van der Waals surface area contributed by atoms with Crippen LogP contribution in [0.25, 0.3) is 11.4 Å². The van der Waals surface area contributed by atoms with Crippen molar-refractivity contribution in [1.82, 2.24) is 20.0 Å². The molecule has 28 heavy (non-hydrogen) atoms. The molecule has 0 radical (unpaired) electrons. The summed E-state index contributed by atoms with van der Waals surface area (Å²) in [5, 5.41) is 4.08. The number of rotatable bonds is 5. The highest BCUT2D eigenvalue weighted by Crippen LogP contribution is 2.30. The number of amides is 1. The number of hydrogen-bond acceptors (Lipinski definition) is 5. The minimum Gasteiger partial charge on any atom is -0.339 e. The molecule has 6 nitrogen and oxygen atoms in total. The normalized spacial score (nSPS) is 16.9. The number of pyridine rings is 1. The number of aryl methyl sites for hydroxylation is 2. The largest absolute Gasteiger partial charge is 0.339 e. The lowest BCUT2D eigenvalue weighted by Gasteiger charge is -2.35. The van der Waals surface area contributed by atoms with Crippen molar-refractivity contribution in [2.75, 3.05) is 6.54 Å². The minimum absolute atomic E-state index is 0.0627. The van der Waals surface area contributed by atoms with Crippen molar-refractivity contribution in [2.24, 2.45) is 0 Å². The first-order chi connectivity index (χ1) is 13.7. The fourth-order valence-corrected chi connectivity index (χ4v) is 3.76. The highest BCUT2D eigenvalue weighted by molar-refractivity contribution is 5.77. The summed E-state index contributed by atoms with van der Waals surface area (Å²) in [6.07, 6.45) is 5.71. The van der Waals surface area contributed by atoms with Gasteiger partial charge in [-0.2, -0.15) is 4.98 Å². The van der Waals surface area contributed by atoms with Crippen LogP contribution in [-0.4, -0.2) is 32.5 Å². The number of nitrogens with zero attached hydrogens (tertiary/aromatic N) is 4. The highest BCUT2D eigenvalue weighted by atomic mass is 16.5. The average molecular weight is 376 g/mol. The third kappa shape index (κ3) is 3.96. The quantitative estimate of drug-likeness (QED) is 0.670. The van der Waals surface area contributed by atoms with Gasteiger partial charge in [0.2, 0.25) is 17.6 Å². The van der Waals surface area contributed by atoms with Gasteiger partial charge in [-0.05, 0) is 43.9 Å². The molecule has 3 aromatic rings. The van der Waals surface area contributed by atoms with E-state index in [0.717, 1.165) is 42.6 Å². The maximum absolute atomic E-state index is 12.9. The Balaban J connectivity index is 1.42. The van der Waals surface area contributed by atoms with Crippen LogP contribution in [0, 0.1) is 6.92 Å². The Bertz CT molecular complexity index is 938. The van der Waals surface area contributed by atoms with Gasteiger partial charge in [-0.3, -0.25) is 9.78 Å². The lowest BCUT2D eigenvalue weighted by atomic mass is 9.98. The van der Waals surface area contributed by atoms with Crippen LogP contribution in [0.2, 0.25) is 0 Å². The Morgan fingerprint density at radius 3 is 2.86 bits per heavy atom. The van der Waals surface area contributed by atoms with E-state index in [0.29, 0.717) is 24.6 Å². The van der Waals surface area contributed by atoms with Gasteiger partial charge in [0, 0.05) is 31.1 Å². The summed E-state index contributed by atoms with van der Waals surface area (Å²) in [7, 11) is 0. The van der Waals surface area contributed by atoms with Crippen molar-refractivity contribution in [3.63, 3.8) is 0 Å². The monoisotopic (exact) mass is 376 g/mol. The molecule has 0 spiro atoms. The molecule has 1 fully saturated rings. The fraction of sp³-hybridized carbons (Fsp3) is 0.364. The predicted octanol–water partition coefficient (Wildman–Crippen LogP) is 4.13. The molecular weight excluding hydrogens is 352 g/mol. The van der Waals surface area contributed by atoms with Crippen molar-refractivity contribution in [3.8, 4) is 11.4 Å². The zero-order chi connectivity index (χ0) is 19.3. The Kier molecular flexibility index (Phi) is 5.46. The van der Waals surface area contributed by atoms with E-state index in [4.69, 9.17) is 4.52 Å². The standard InChI is InChI=1S/C22H24N4O2/c1-16-8-2-3-9-17(16)22-24-20(28-25-22)12-13-21(27)26-15-7-5-11-19(26)18-10-4-6-14-23-18/h2-4,6,8-10,14,19H,5,7,11-13,15H2,1H3/t19-/m0/s1. The van der Waals surface area contributed by atoms with E-state index >= 15 is 0 Å². The second-order valence-electron chi connectivity index (χ2n) is 7.18. The molecule has 0 aliphatic carbocycles. The first-order valence-corrected chi connectivity index (χ1v) is 9.81. The molecule has 1 aromatic carbocycles. The van der Waals surface area contributed by atoms with Crippen LogP contribution in [0.3, 0.4) is 0 Å². The molecule has 3 heterocycles. The lowest BCUT2D eigenvalue weighted by Crippen LogP contribution is -2.39. The van der Waals surface area contributed by atoms with Crippen LogP contribution in [0.1, 0.15) is 48.9 Å². The molecule has 0 N–H and O–H groups in total. The topological polar surface area (TPSA) is 72.1 Å². The summed E-state index contributed by atoms with van der Waals surface area (Å²) in [5.41, 5.74) is 3.02. The maximum atomic E-state index is 12.9. The number of aromatic nitrogens is 3. The zero-order valence-electron chi connectivity index (χ0n) is 16.0. The molecule has 4 rings (SSSR count). The number of hydrogen-bond donors (Lipinski definition) is 0. The second-order valence-corrected chi connectivity index (χ2v) is 7.18. The fourth-order valence-electron chi connectivity index (χ4n) is 3.76. The van der Waals surface area contributed by atoms with E-state index in [1.54, 1.807) is 6.20 Å². The zero-order valence-corrected chi connectivity index (χ0v) is 16.0. The van der Waals surface area contributed by atoms with Crippen molar-refractivity contribution >= 4 is 5.91 Å². The van der Waals surface area contributed by atoms with Crippen molar-refractivity contribution < 1.29 is 9.32 Å². The number of carbonyl (C=O) groups excluding carboxylic acids is 1. The molecule has 1 atom stereocenters. The molecule has 144 valence electrons. The van der Waals surface area contributed by atoms with Gasteiger partial charge in [0.05, 0.1) is 11.7 Å². The number of benzene rings is 1. The third-order valence-electron chi connectivity index (χ3n) is 5.26. The van der Waals surface area contributed by atoms with E-state index in [2.05, 4.69) is 15.1 Å². The number of piperidine rings is 1. The summed E-state index contributed by atoms with van der Waals surface area (Å²) < 4.78 is 5.38. The van der Waals surface area contributed by atoms with Crippen LogP contribution >= 0.6 is 0 Å². The van der Waals surface area contributed by atoms with Gasteiger partial charge >= 0.3 is 0 Å². The van der Waals surface area contributed by atoms with Gasteiger partial charge in [0.1, 0.15) is 0 Å². The van der Waals surface area contributed by atoms with Crippen LogP contribution in [-0.2, 0) is 11.2 Å². The van der Waals surface area contributed by atoms with E-state index in [1.807, 2.05) is 54.3 Å². The van der Waals surface area contributed by atoms with Crippen LogP contribution < -0.4 is 0 Å². The molecule has 1 saturated heterocycles. The number of likely N-dealkylation sites (tertiary alicyclic amines) is 1. The summed E-state index contributed by atoms with van der Waals surface area (Å²) in [4.78, 5) is 23.8. The lowest BCUT2D eigenvalue weighted by molar-refractivity contribution is -0.135. The molecule has 1 amide bonds. The number of carbonyl (C=O) groups is 1.